The quantitative estimate of drug-likeness (QED) is 0.456. The lowest BCUT2D eigenvalue weighted by Gasteiger charge is -2.61. The third-order valence-electron chi connectivity index (χ3n) is 11.8. The molecule has 0 bridgehead atoms. The Morgan fingerprint density at radius 3 is 2.25 bits per heavy atom. The van der Waals surface area contributed by atoms with Crippen LogP contribution in [-0.2, 0) is 0 Å². The second kappa shape index (κ2) is 7.60. The summed E-state index contributed by atoms with van der Waals surface area (Å²) in [5.41, 5.74) is 1.40. The van der Waals surface area contributed by atoms with Crippen molar-refractivity contribution in [1.29, 1.82) is 0 Å². The van der Waals surface area contributed by atoms with E-state index in [-0.39, 0.29) is 0 Å². The normalized spacial score (nSPS) is 50.5. The SMILES string of the molecule is CC(CC1CCCCC1)[C@H]1CC[C@H]2[C@@H]3CC[C@H]4CCCC[C@]4(C)[C@H]3CC[C@]12C. The van der Waals surface area contributed by atoms with E-state index < -0.39 is 0 Å². The van der Waals surface area contributed by atoms with Crippen LogP contribution >= 0.6 is 0 Å². The smallest absolute Gasteiger partial charge is 0.0264 e. The number of fused-ring (bicyclic) bond motifs is 5. The average Bonchev–Trinajstić information content (AvgIpc) is 3.05. The Balaban J connectivity index is 1.31. The van der Waals surface area contributed by atoms with Gasteiger partial charge in [-0.1, -0.05) is 65.7 Å². The maximum Gasteiger partial charge on any atom is -0.0264 e. The first-order valence-electron chi connectivity index (χ1n) is 13.5. The van der Waals surface area contributed by atoms with Crippen molar-refractivity contribution in [3.05, 3.63) is 0 Å². The predicted molar refractivity (Wildman–Crippen MR) is 120 cm³/mol. The van der Waals surface area contributed by atoms with Crippen molar-refractivity contribution in [2.24, 2.45) is 52.3 Å². The Kier molecular flexibility index (Phi) is 5.41. The molecular weight excluding hydrogens is 336 g/mol. The minimum atomic E-state index is 0.688. The molecule has 0 aliphatic heterocycles. The average molecular weight is 385 g/mol. The first-order valence-corrected chi connectivity index (χ1v) is 13.5. The maximum absolute atomic E-state index is 2.78. The second-order valence-electron chi connectivity index (χ2n) is 12.8. The van der Waals surface area contributed by atoms with Gasteiger partial charge in [-0.2, -0.15) is 0 Å². The van der Waals surface area contributed by atoms with Crippen LogP contribution in [0.25, 0.3) is 0 Å². The van der Waals surface area contributed by atoms with E-state index in [9.17, 15) is 0 Å². The summed E-state index contributed by atoms with van der Waals surface area (Å²) in [6, 6.07) is 0. The molecule has 5 aliphatic carbocycles. The Hall–Kier alpha value is 0. The summed E-state index contributed by atoms with van der Waals surface area (Å²) in [7, 11) is 0. The highest BCUT2D eigenvalue weighted by molar-refractivity contribution is 5.09. The molecule has 1 unspecified atom stereocenters. The van der Waals surface area contributed by atoms with Crippen LogP contribution in [0.1, 0.15) is 124 Å². The zero-order valence-corrected chi connectivity index (χ0v) is 19.4. The van der Waals surface area contributed by atoms with E-state index in [1.807, 2.05) is 0 Å². The van der Waals surface area contributed by atoms with Crippen molar-refractivity contribution in [2.75, 3.05) is 0 Å². The van der Waals surface area contributed by atoms with Crippen LogP contribution in [0.4, 0.5) is 0 Å². The summed E-state index contributed by atoms with van der Waals surface area (Å²) in [5.74, 6) is 7.41. The summed E-state index contributed by atoms with van der Waals surface area (Å²) in [6.45, 7) is 8.19. The molecule has 5 fully saturated rings. The summed E-state index contributed by atoms with van der Waals surface area (Å²) >= 11 is 0. The maximum atomic E-state index is 2.78. The molecule has 0 aromatic heterocycles. The molecule has 0 N–H and O–H groups in total. The fourth-order valence-corrected chi connectivity index (χ4v) is 10.4. The minimum Gasteiger partial charge on any atom is -0.0622 e. The summed E-state index contributed by atoms with van der Waals surface area (Å²) in [5, 5.41) is 0. The highest BCUT2D eigenvalue weighted by Gasteiger charge is 2.60. The van der Waals surface area contributed by atoms with Crippen molar-refractivity contribution in [1.82, 2.24) is 0 Å². The number of rotatable bonds is 3. The van der Waals surface area contributed by atoms with Gasteiger partial charge in [0.05, 0.1) is 0 Å². The molecule has 0 spiro atoms. The first-order chi connectivity index (χ1) is 13.5. The van der Waals surface area contributed by atoms with Crippen molar-refractivity contribution in [2.45, 2.75) is 124 Å². The van der Waals surface area contributed by atoms with Gasteiger partial charge in [0.15, 0.2) is 0 Å². The summed E-state index contributed by atoms with van der Waals surface area (Å²) < 4.78 is 0. The van der Waals surface area contributed by atoms with E-state index in [2.05, 4.69) is 20.8 Å². The van der Waals surface area contributed by atoms with E-state index in [0.717, 1.165) is 41.4 Å². The molecule has 0 amide bonds. The van der Waals surface area contributed by atoms with Crippen LogP contribution in [0.3, 0.4) is 0 Å². The Morgan fingerprint density at radius 1 is 0.679 bits per heavy atom. The standard InChI is InChI=1S/C28H48/c1-20(19-21-9-5-4-6-10-21)24-14-15-25-23-13-12-22-11-7-8-17-27(22,2)26(23)16-18-28(24,25)3/h20-26H,4-19H2,1-3H3/t20?,22-,23+,24-,25+,26+,27+,28-/m1/s1. The van der Waals surface area contributed by atoms with Crippen molar-refractivity contribution in [3.8, 4) is 0 Å². The monoisotopic (exact) mass is 384 g/mol. The van der Waals surface area contributed by atoms with Crippen LogP contribution < -0.4 is 0 Å². The number of hydrogen-bond donors (Lipinski definition) is 0. The predicted octanol–water partition coefficient (Wildman–Crippen LogP) is 8.64. The highest BCUT2D eigenvalue weighted by atomic mass is 14.6. The van der Waals surface area contributed by atoms with E-state index in [1.165, 1.54) is 32.1 Å². The van der Waals surface area contributed by atoms with E-state index in [0.29, 0.717) is 10.8 Å². The van der Waals surface area contributed by atoms with Gasteiger partial charge in [-0.3, -0.25) is 0 Å². The largest absolute Gasteiger partial charge is 0.0622 e. The lowest BCUT2D eigenvalue weighted by Crippen LogP contribution is -2.53. The molecule has 5 saturated carbocycles. The number of hydrogen-bond acceptors (Lipinski definition) is 0. The topological polar surface area (TPSA) is 0 Å². The van der Waals surface area contributed by atoms with Crippen LogP contribution in [0, 0.1) is 52.3 Å². The van der Waals surface area contributed by atoms with Crippen molar-refractivity contribution in [3.63, 3.8) is 0 Å². The van der Waals surface area contributed by atoms with Gasteiger partial charge in [0.1, 0.15) is 0 Å². The molecule has 0 aromatic carbocycles. The molecule has 0 heterocycles. The molecule has 0 heteroatoms. The third-order valence-corrected chi connectivity index (χ3v) is 11.8. The fraction of sp³-hybridized carbons (Fsp3) is 1.00. The van der Waals surface area contributed by atoms with Gasteiger partial charge < -0.3 is 0 Å². The van der Waals surface area contributed by atoms with Crippen LogP contribution in [0.15, 0.2) is 0 Å². The van der Waals surface area contributed by atoms with Gasteiger partial charge in [0.2, 0.25) is 0 Å². The molecular formula is C28H48. The van der Waals surface area contributed by atoms with Crippen LogP contribution in [-0.4, -0.2) is 0 Å². The van der Waals surface area contributed by atoms with Crippen LogP contribution in [0.2, 0.25) is 0 Å². The zero-order valence-electron chi connectivity index (χ0n) is 19.4. The lowest BCUT2D eigenvalue weighted by molar-refractivity contribution is -0.114. The van der Waals surface area contributed by atoms with E-state index in [4.69, 9.17) is 0 Å². The highest BCUT2D eigenvalue weighted by Crippen LogP contribution is 2.68. The summed E-state index contributed by atoms with van der Waals surface area (Å²) in [6.07, 6.45) is 24.8. The van der Waals surface area contributed by atoms with E-state index in [1.54, 1.807) is 70.6 Å². The van der Waals surface area contributed by atoms with Gasteiger partial charge in [0.25, 0.3) is 0 Å². The molecule has 160 valence electrons. The Morgan fingerprint density at radius 2 is 1.43 bits per heavy atom. The van der Waals surface area contributed by atoms with Crippen molar-refractivity contribution >= 4 is 0 Å². The fourth-order valence-electron chi connectivity index (χ4n) is 10.4. The second-order valence-corrected chi connectivity index (χ2v) is 12.8. The van der Waals surface area contributed by atoms with Crippen LogP contribution in [0.5, 0.6) is 0 Å². The molecule has 8 atom stereocenters. The van der Waals surface area contributed by atoms with Gasteiger partial charge >= 0.3 is 0 Å². The molecule has 0 nitrogen and oxygen atoms in total. The van der Waals surface area contributed by atoms with Gasteiger partial charge in [-0.05, 0) is 110 Å². The molecule has 0 aromatic rings. The van der Waals surface area contributed by atoms with Gasteiger partial charge in [-0.15, -0.1) is 0 Å². The van der Waals surface area contributed by atoms with E-state index >= 15 is 0 Å². The third kappa shape index (κ3) is 3.13. The molecule has 5 rings (SSSR count). The lowest BCUT2D eigenvalue weighted by atomic mass is 9.44. The molecule has 0 saturated heterocycles. The van der Waals surface area contributed by atoms with Crippen molar-refractivity contribution < 1.29 is 0 Å². The minimum absolute atomic E-state index is 0.688. The Bertz CT molecular complexity index is 544. The van der Waals surface area contributed by atoms with Gasteiger partial charge in [-0.25, -0.2) is 0 Å². The molecule has 28 heavy (non-hydrogen) atoms. The Labute approximate surface area is 176 Å². The molecule has 5 aliphatic rings. The first kappa shape index (κ1) is 19.9. The summed E-state index contributed by atoms with van der Waals surface area (Å²) in [4.78, 5) is 0. The molecule has 0 radical (unpaired) electrons. The van der Waals surface area contributed by atoms with Gasteiger partial charge in [0, 0.05) is 0 Å². The zero-order chi connectivity index (χ0) is 19.4.